The van der Waals surface area contributed by atoms with Crippen molar-refractivity contribution in [3.63, 3.8) is 0 Å². The summed E-state index contributed by atoms with van der Waals surface area (Å²) in [5.74, 6) is 1.65. The predicted octanol–water partition coefficient (Wildman–Crippen LogP) is 3.70. The van der Waals surface area contributed by atoms with E-state index in [1.807, 2.05) is 0 Å². The summed E-state index contributed by atoms with van der Waals surface area (Å²) in [6, 6.07) is 4.39. The molecule has 1 aromatic heterocycles. The van der Waals surface area contributed by atoms with Crippen molar-refractivity contribution >= 4 is 23.4 Å². The maximum atomic E-state index is 12.0. The second kappa shape index (κ2) is 9.73. The van der Waals surface area contributed by atoms with Gasteiger partial charge in [-0.1, -0.05) is 19.3 Å². The molecule has 0 saturated heterocycles. The van der Waals surface area contributed by atoms with E-state index in [0.29, 0.717) is 23.2 Å². The average Bonchev–Trinajstić information content (AvgIpc) is 2.79. The normalized spacial score (nSPS) is 18.0. The maximum Gasteiger partial charge on any atom is 0.254 e. The van der Waals surface area contributed by atoms with Crippen LogP contribution in [-0.2, 0) is 13.0 Å². The van der Waals surface area contributed by atoms with Gasteiger partial charge < -0.3 is 26.0 Å². The number of nitrogens with zero attached hydrogens (tertiary/aromatic N) is 3. The standard InChI is InChI=1S/C24H34N6O2/c1-15(16-7-5-4-6-8-16)27-23-19(22(25)31)13-26-24(29-23)28-20-11-18-14-30(2)10-9-17(18)12-21(20)32-3/h11-13,15-16H,4-10,14H2,1-3H3,(H2,25,31)(H2,26,27,28,29)/t15-/m0/s1. The van der Waals surface area contributed by atoms with Gasteiger partial charge in [0.25, 0.3) is 5.91 Å². The number of hydrogen-bond acceptors (Lipinski definition) is 7. The van der Waals surface area contributed by atoms with Crippen molar-refractivity contribution in [2.75, 3.05) is 31.3 Å². The Morgan fingerprint density at radius 3 is 2.75 bits per heavy atom. The Morgan fingerprint density at radius 2 is 2.03 bits per heavy atom. The third kappa shape index (κ3) is 4.96. The minimum absolute atomic E-state index is 0.199. The first-order chi connectivity index (χ1) is 15.4. The van der Waals surface area contributed by atoms with E-state index >= 15 is 0 Å². The third-order valence-corrected chi connectivity index (χ3v) is 6.75. The largest absolute Gasteiger partial charge is 0.495 e. The van der Waals surface area contributed by atoms with Crippen molar-refractivity contribution in [1.82, 2.24) is 14.9 Å². The topological polar surface area (TPSA) is 105 Å². The fraction of sp³-hybridized carbons (Fsp3) is 0.542. The molecule has 8 heteroatoms. The molecule has 0 radical (unpaired) electrons. The molecule has 2 heterocycles. The van der Waals surface area contributed by atoms with Crippen molar-refractivity contribution in [3.05, 3.63) is 35.0 Å². The molecule has 8 nitrogen and oxygen atoms in total. The van der Waals surface area contributed by atoms with Crippen LogP contribution in [0, 0.1) is 5.92 Å². The molecule has 1 fully saturated rings. The predicted molar refractivity (Wildman–Crippen MR) is 127 cm³/mol. The van der Waals surface area contributed by atoms with Crippen molar-refractivity contribution in [2.45, 2.75) is 58.0 Å². The Balaban J connectivity index is 1.59. The van der Waals surface area contributed by atoms with Crippen LogP contribution in [0.25, 0.3) is 0 Å². The summed E-state index contributed by atoms with van der Waals surface area (Å²) in [4.78, 5) is 23.3. The number of amides is 1. The summed E-state index contributed by atoms with van der Waals surface area (Å²) in [7, 11) is 3.79. The molecular weight excluding hydrogens is 404 g/mol. The minimum atomic E-state index is -0.538. The highest BCUT2D eigenvalue weighted by atomic mass is 16.5. The highest BCUT2D eigenvalue weighted by Gasteiger charge is 2.23. The number of nitrogens with one attached hydrogen (secondary N) is 2. The van der Waals surface area contributed by atoms with E-state index in [1.165, 1.54) is 49.4 Å². The van der Waals surface area contributed by atoms with Crippen LogP contribution in [0.5, 0.6) is 5.75 Å². The van der Waals surface area contributed by atoms with Crippen LogP contribution < -0.4 is 21.1 Å². The van der Waals surface area contributed by atoms with Gasteiger partial charge in [-0.05, 0) is 62.4 Å². The van der Waals surface area contributed by atoms with Crippen LogP contribution in [-0.4, -0.2) is 47.5 Å². The second-order valence-corrected chi connectivity index (χ2v) is 9.09. The molecule has 0 unspecified atom stereocenters. The van der Waals surface area contributed by atoms with Gasteiger partial charge in [-0.2, -0.15) is 4.98 Å². The van der Waals surface area contributed by atoms with Crippen LogP contribution in [0.15, 0.2) is 18.3 Å². The average molecular weight is 439 g/mol. The van der Waals surface area contributed by atoms with E-state index in [-0.39, 0.29) is 6.04 Å². The molecular formula is C24H34N6O2. The van der Waals surface area contributed by atoms with Crippen LogP contribution in [0.2, 0.25) is 0 Å². The Bertz CT molecular complexity index is 973. The molecule has 4 rings (SSSR count). The van der Waals surface area contributed by atoms with Gasteiger partial charge in [0, 0.05) is 25.3 Å². The number of aromatic nitrogens is 2. The lowest BCUT2D eigenvalue weighted by Gasteiger charge is -2.29. The number of ether oxygens (including phenoxy) is 1. The molecule has 2 aliphatic rings. The number of carbonyl (C=O) groups excluding carboxylic acids is 1. The van der Waals surface area contributed by atoms with Gasteiger partial charge in [-0.3, -0.25) is 4.79 Å². The molecule has 1 aromatic carbocycles. The van der Waals surface area contributed by atoms with Gasteiger partial charge in [0.15, 0.2) is 0 Å². The first-order valence-electron chi connectivity index (χ1n) is 11.5. The van der Waals surface area contributed by atoms with Gasteiger partial charge in [-0.15, -0.1) is 0 Å². The van der Waals surface area contributed by atoms with Crippen LogP contribution >= 0.6 is 0 Å². The van der Waals surface area contributed by atoms with Crippen molar-refractivity contribution in [1.29, 1.82) is 0 Å². The van der Waals surface area contributed by atoms with Gasteiger partial charge in [0.05, 0.1) is 18.4 Å². The van der Waals surface area contributed by atoms with Crippen LogP contribution in [0.3, 0.4) is 0 Å². The van der Waals surface area contributed by atoms with E-state index < -0.39 is 5.91 Å². The van der Waals surface area contributed by atoms with E-state index in [2.05, 4.69) is 51.6 Å². The molecule has 1 aliphatic carbocycles. The monoisotopic (exact) mass is 438 g/mol. The number of primary amides is 1. The Hall–Kier alpha value is -2.87. The Kier molecular flexibility index (Phi) is 6.79. The molecule has 0 bridgehead atoms. The number of rotatable bonds is 7. The van der Waals surface area contributed by atoms with Crippen LogP contribution in [0.4, 0.5) is 17.5 Å². The van der Waals surface area contributed by atoms with Crippen molar-refractivity contribution in [3.8, 4) is 5.75 Å². The smallest absolute Gasteiger partial charge is 0.254 e. The molecule has 32 heavy (non-hydrogen) atoms. The zero-order chi connectivity index (χ0) is 22.7. The highest BCUT2D eigenvalue weighted by Crippen LogP contribution is 2.33. The van der Waals surface area contributed by atoms with Crippen molar-refractivity contribution < 1.29 is 9.53 Å². The van der Waals surface area contributed by atoms with E-state index in [9.17, 15) is 4.79 Å². The number of hydrogen-bond donors (Lipinski definition) is 3. The van der Waals surface area contributed by atoms with Crippen molar-refractivity contribution in [2.24, 2.45) is 11.7 Å². The van der Waals surface area contributed by atoms with E-state index in [4.69, 9.17) is 10.5 Å². The number of fused-ring (bicyclic) bond motifs is 1. The SMILES string of the molecule is COc1cc2c(cc1Nc1ncc(C(N)=O)c(N[C@@H](C)C3CCCCC3)n1)CN(C)CC2. The number of carbonyl (C=O) groups is 1. The summed E-state index contributed by atoms with van der Waals surface area (Å²) in [6.45, 7) is 4.08. The highest BCUT2D eigenvalue weighted by molar-refractivity contribution is 5.97. The minimum Gasteiger partial charge on any atom is -0.495 e. The van der Waals surface area contributed by atoms with Gasteiger partial charge >= 0.3 is 0 Å². The number of methoxy groups -OCH3 is 1. The number of anilines is 3. The quantitative estimate of drug-likeness (QED) is 0.605. The first kappa shape index (κ1) is 22.3. The summed E-state index contributed by atoms with van der Waals surface area (Å²) in [6.07, 6.45) is 8.68. The fourth-order valence-corrected chi connectivity index (χ4v) is 4.81. The first-order valence-corrected chi connectivity index (χ1v) is 11.5. The van der Waals surface area contributed by atoms with Gasteiger partial charge in [0.1, 0.15) is 11.6 Å². The van der Waals surface area contributed by atoms with E-state index in [0.717, 1.165) is 30.9 Å². The molecule has 2 aromatic rings. The molecule has 1 saturated carbocycles. The zero-order valence-electron chi connectivity index (χ0n) is 19.3. The summed E-state index contributed by atoms with van der Waals surface area (Å²) >= 11 is 0. The maximum absolute atomic E-state index is 12.0. The lowest BCUT2D eigenvalue weighted by Crippen LogP contribution is -2.29. The molecule has 1 aliphatic heterocycles. The molecule has 0 spiro atoms. The number of nitrogens with two attached hydrogens (primary N) is 1. The lowest BCUT2D eigenvalue weighted by atomic mass is 9.84. The van der Waals surface area contributed by atoms with Gasteiger partial charge in [-0.25, -0.2) is 4.98 Å². The number of benzene rings is 1. The summed E-state index contributed by atoms with van der Waals surface area (Å²) in [5.41, 5.74) is 9.28. The zero-order valence-corrected chi connectivity index (χ0v) is 19.3. The van der Waals surface area contributed by atoms with E-state index in [1.54, 1.807) is 7.11 Å². The third-order valence-electron chi connectivity index (χ3n) is 6.75. The second-order valence-electron chi connectivity index (χ2n) is 9.09. The molecule has 172 valence electrons. The summed E-state index contributed by atoms with van der Waals surface area (Å²) < 4.78 is 5.63. The molecule has 1 atom stereocenters. The molecule has 4 N–H and O–H groups in total. The van der Waals surface area contributed by atoms with Gasteiger partial charge in [0.2, 0.25) is 5.95 Å². The number of likely N-dealkylation sites (N-methyl/N-ethyl adjacent to an activating group) is 1. The van der Waals surface area contributed by atoms with Crippen LogP contribution in [0.1, 0.15) is 60.5 Å². The summed E-state index contributed by atoms with van der Waals surface area (Å²) in [5, 5.41) is 6.73. The lowest BCUT2D eigenvalue weighted by molar-refractivity contribution is 0.100. The Labute approximate surface area is 189 Å². The molecule has 1 amide bonds. The Morgan fingerprint density at radius 1 is 1.25 bits per heavy atom. The fourth-order valence-electron chi connectivity index (χ4n) is 4.81.